The number of nitrogens with one attached hydrogen (secondary N) is 2. The van der Waals surface area contributed by atoms with E-state index in [0.29, 0.717) is 42.4 Å². The number of anilines is 1. The van der Waals surface area contributed by atoms with Crippen LogP contribution in [0.2, 0.25) is 0 Å². The number of ether oxygens (including phenoxy) is 2. The normalized spacial score (nSPS) is 13.8. The Morgan fingerprint density at radius 2 is 1.82 bits per heavy atom. The molecule has 1 saturated heterocycles. The molecule has 1 aromatic carbocycles. The van der Waals surface area contributed by atoms with Gasteiger partial charge in [-0.05, 0) is 49.3 Å². The highest BCUT2D eigenvalue weighted by Crippen LogP contribution is 2.29. The topological polar surface area (TPSA) is 110 Å². The summed E-state index contributed by atoms with van der Waals surface area (Å²) in [6.45, 7) is 1.57. The van der Waals surface area contributed by atoms with Crippen molar-refractivity contribution < 1.29 is 23.9 Å². The minimum atomic E-state index is -0.754. The van der Waals surface area contributed by atoms with Gasteiger partial charge in [-0.2, -0.15) is 0 Å². The van der Waals surface area contributed by atoms with E-state index in [0.717, 1.165) is 17.9 Å². The van der Waals surface area contributed by atoms with Gasteiger partial charge < -0.3 is 25.0 Å². The number of carbonyl (C=O) groups is 3. The first kappa shape index (κ1) is 24.4. The number of methoxy groups -OCH3 is 2. The standard InChI is InChI=1S/C23H28N4O5S/c1-31-18-7-6-16(13-19(18)32-2)26-21(29)20(28)25-14-15-8-11-27(12-9-15)23(30)17-5-4-10-24-22(17)33-3/h4-7,10,13,15H,8-9,11-12,14H2,1-3H3,(H,25,28)(H,26,29). The number of hydrogen-bond donors (Lipinski definition) is 2. The lowest BCUT2D eigenvalue weighted by Gasteiger charge is -2.32. The highest BCUT2D eigenvalue weighted by molar-refractivity contribution is 7.98. The average Bonchev–Trinajstić information content (AvgIpc) is 2.86. The second kappa shape index (κ2) is 11.6. The number of rotatable bonds is 7. The molecule has 0 radical (unpaired) electrons. The lowest BCUT2D eigenvalue weighted by molar-refractivity contribution is -0.136. The lowest BCUT2D eigenvalue weighted by Crippen LogP contribution is -2.43. The van der Waals surface area contributed by atoms with Gasteiger partial charge in [0.05, 0.1) is 19.8 Å². The molecule has 3 rings (SSSR count). The van der Waals surface area contributed by atoms with Crippen molar-refractivity contribution in [1.82, 2.24) is 15.2 Å². The summed E-state index contributed by atoms with van der Waals surface area (Å²) in [4.78, 5) is 43.4. The number of likely N-dealkylation sites (tertiary alicyclic amines) is 1. The summed E-state index contributed by atoms with van der Waals surface area (Å²) < 4.78 is 10.4. The van der Waals surface area contributed by atoms with Gasteiger partial charge in [0.15, 0.2) is 11.5 Å². The van der Waals surface area contributed by atoms with Crippen molar-refractivity contribution in [2.45, 2.75) is 17.9 Å². The number of thioether (sulfide) groups is 1. The fourth-order valence-electron chi connectivity index (χ4n) is 3.65. The van der Waals surface area contributed by atoms with Crippen molar-refractivity contribution in [1.29, 1.82) is 0 Å². The summed E-state index contributed by atoms with van der Waals surface area (Å²) >= 11 is 1.45. The predicted molar refractivity (Wildman–Crippen MR) is 126 cm³/mol. The van der Waals surface area contributed by atoms with E-state index in [2.05, 4.69) is 15.6 Å². The van der Waals surface area contributed by atoms with Gasteiger partial charge in [0.1, 0.15) is 5.03 Å². The molecule has 33 heavy (non-hydrogen) atoms. The first-order valence-electron chi connectivity index (χ1n) is 10.6. The summed E-state index contributed by atoms with van der Waals surface area (Å²) in [6.07, 6.45) is 5.07. The number of aromatic nitrogens is 1. The minimum Gasteiger partial charge on any atom is -0.493 e. The van der Waals surface area contributed by atoms with Crippen LogP contribution in [0, 0.1) is 5.92 Å². The zero-order valence-electron chi connectivity index (χ0n) is 18.9. The molecule has 10 heteroatoms. The third-order valence-electron chi connectivity index (χ3n) is 5.50. The highest BCUT2D eigenvalue weighted by Gasteiger charge is 2.26. The molecule has 0 bridgehead atoms. The first-order valence-corrected chi connectivity index (χ1v) is 11.8. The third kappa shape index (κ3) is 6.16. The van der Waals surface area contributed by atoms with Crippen molar-refractivity contribution in [3.8, 4) is 11.5 Å². The van der Waals surface area contributed by atoms with Crippen molar-refractivity contribution in [3.05, 3.63) is 42.1 Å². The van der Waals surface area contributed by atoms with Crippen molar-refractivity contribution in [2.75, 3.05) is 45.4 Å². The Morgan fingerprint density at radius 1 is 1.09 bits per heavy atom. The van der Waals surface area contributed by atoms with E-state index in [1.165, 1.54) is 26.0 Å². The smallest absolute Gasteiger partial charge is 0.313 e. The Balaban J connectivity index is 1.46. The number of carbonyl (C=O) groups excluding carboxylic acids is 3. The molecular formula is C23H28N4O5S. The quantitative estimate of drug-likeness (QED) is 0.470. The molecule has 0 atom stereocenters. The summed E-state index contributed by atoms with van der Waals surface area (Å²) in [7, 11) is 3.01. The van der Waals surface area contributed by atoms with E-state index in [-0.39, 0.29) is 11.8 Å². The highest BCUT2D eigenvalue weighted by atomic mass is 32.2. The van der Waals surface area contributed by atoms with Gasteiger partial charge in [0.25, 0.3) is 5.91 Å². The number of nitrogens with zero attached hydrogens (tertiary/aromatic N) is 2. The first-order chi connectivity index (χ1) is 16.0. The fraction of sp³-hybridized carbons (Fsp3) is 0.391. The van der Waals surface area contributed by atoms with Crippen LogP contribution in [0.4, 0.5) is 5.69 Å². The maximum atomic E-state index is 12.8. The molecule has 1 aliphatic heterocycles. The van der Waals surface area contributed by atoms with Gasteiger partial charge in [-0.15, -0.1) is 11.8 Å². The molecule has 1 fully saturated rings. The number of benzene rings is 1. The Kier molecular flexibility index (Phi) is 8.53. The van der Waals surface area contributed by atoms with Crippen LogP contribution in [0.15, 0.2) is 41.6 Å². The third-order valence-corrected chi connectivity index (χ3v) is 6.21. The minimum absolute atomic E-state index is 0.0239. The van der Waals surface area contributed by atoms with Crippen LogP contribution >= 0.6 is 11.8 Å². The molecule has 176 valence electrons. The number of pyridine rings is 1. The van der Waals surface area contributed by atoms with Gasteiger partial charge in [-0.1, -0.05) is 0 Å². The van der Waals surface area contributed by atoms with E-state index in [4.69, 9.17) is 9.47 Å². The zero-order chi connectivity index (χ0) is 23.8. The van der Waals surface area contributed by atoms with Gasteiger partial charge in [-0.25, -0.2) is 4.98 Å². The molecule has 2 N–H and O–H groups in total. The average molecular weight is 473 g/mol. The maximum Gasteiger partial charge on any atom is 0.313 e. The zero-order valence-corrected chi connectivity index (χ0v) is 19.7. The summed E-state index contributed by atoms with van der Waals surface area (Å²) in [5, 5.41) is 5.97. The molecule has 3 amide bonds. The molecule has 0 spiro atoms. The van der Waals surface area contributed by atoms with Crippen molar-refractivity contribution >= 4 is 35.2 Å². The maximum absolute atomic E-state index is 12.8. The Hall–Kier alpha value is -3.27. The molecule has 0 saturated carbocycles. The Labute approximate surface area is 197 Å². The SMILES string of the molecule is COc1ccc(NC(=O)C(=O)NCC2CCN(C(=O)c3cccnc3SC)CC2)cc1OC. The van der Waals surface area contributed by atoms with E-state index in [1.807, 2.05) is 11.2 Å². The molecule has 1 aliphatic rings. The second-order valence-electron chi connectivity index (χ2n) is 7.53. The van der Waals surface area contributed by atoms with Gasteiger partial charge >= 0.3 is 11.8 Å². The molecule has 0 unspecified atom stereocenters. The van der Waals surface area contributed by atoms with E-state index in [1.54, 1.807) is 36.5 Å². The number of hydrogen-bond acceptors (Lipinski definition) is 7. The fourth-order valence-corrected chi connectivity index (χ4v) is 4.19. The Morgan fingerprint density at radius 3 is 2.48 bits per heavy atom. The molecular weight excluding hydrogens is 444 g/mol. The second-order valence-corrected chi connectivity index (χ2v) is 8.32. The number of amides is 3. The lowest BCUT2D eigenvalue weighted by atomic mass is 9.96. The number of piperidine rings is 1. The van der Waals surface area contributed by atoms with Crippen LogP contribution < -0.4 is 20.1 Å². The summed E-state index contributed by atoms with van der Waals surface area (Å²) in [5.74, 6) is -0.310. The van der Waals surface area contributed by atoms with E-state index in [9.17, 15) is 14.4 Å². The van der Waals surface area contributed by atoms with Crippen LogP contribution in [0.25, 0.3) is 0 Å². The molecule has 0 aliphatic carbocycles. The van der Waals surface area contributed by atoms with Crippen molar-refractivity contribution in [2.24, 2.45) is 5.92 Å². The Bertz CT molecular complexity index is 1010. The van der Waals surface area contributed by atoms with Crippen LogP contribution in [-0.2, 0) is 9.59 Å². The van der Waals surface area contributed by atoms with E-state index >= 15 is 0 Å². The largest absolute Gasteiger partial charge is 0.493 e. The van der Waals surface area contributed by atoms with Crippen molar-refractivity contribution in [3.63, 3.8) is 0 Å². The molecule has 2 heterocycles. The molecule has 1 aromatic heterocycles. The predicted octanol–water partition coefficient (Wildman–Crippen LogP) is 2.43. The van der Waals surface area contributed by atoms with Gasteiger partial charge in [-0.3, -0.25) is 14.4 Å². The molecule has 9 nitrogen and oxygen atoms in total. The van der Waals surface area contributed by atoms with Gasteiger partial charge in [0, 0.05) is 37.6 Å². The van der Waals surface area contributed by atoms with Gasteiger partial charge in [0.2, 0.25) is 0 Å². The summed E-state index contributed by atoms with van der Waals surface area (Å²) in [6, 6.07) is 8.42. The summed E-state index contributed by atoms with van der Waals surface area (Å²) in [5.41, 5.74) is 1.04. The van der Waals surface area contributed by atoms with Crippen LogP contribution in [0.5, 0.6) is 11.5 Å². The van der Waals surface area contributed by atoms with Crippen LogP contribution in [0.1, 0.15) is 23.2 Å². The van der Waals surface area contributed by atoms with E-state index < -0.39 is 11.8 Å². The van der Waals surface area contributed by atoms with Crippen LogP contribution in [-0.4, -0.2) is 67.7 Å². The molecule has 2 aromatic rings. The van der Waals surface area contributed by atoms with Crippen LogP contribution in [0.3, 0.4) is 0 Å². The monoisotopic (exact) mass is 472 g/mol.